The van der Waals surface area contributed by atoms with Gasteiger partial charge in [0.15, 0.2) is 0 Å². The van der Waals surface area contributed by atoms with Crippen molar-refractivity contribution in [2.24, 2.45) is 0 Å². The number of aryl methyl sites for hydroxylation is 1. The first-order chi connectivity index (χ1) is 7.58. The van der Waals surface area contributed by atoms with Crippen molar-refractivity contribution in [2.75, 3.05) is 17.2 Å². The highest BCUT2D eigenvalue weighted by Crippen LogP contribution is 2.33. The van der Waals surface area contributed by atoms with Crippen LogP contribution in [0.1, 0.15) is 5.56 Å². The lowest BCUT2D eigenvalue weighted by molar-refractivity contribution is 1.47. The predicted molar refractivity (Wildman–Crippen MR) is 69.9 cm³/mol. The van der Waals surface area contributed by atoms with E-state index in [0.717, 1.165) is 11.1 Å². The molecule has 0 radical (unpaired) electrons. The van der Waals surface area contributed by atoms with E-state index in [1.165, 1.54) is 5.56 Å². The largest absolute Gasteiger partial charge is 0.399 e. The average molecular weight is 213 g/mol. The van der Waals surface area contributed by atoms with Crippen molar-refractivity contribution < 1.29 is 0 Å². The quantitative estimate of drug-likeness (QED) is 0.636. The summed E-state index contributed by atoms with van der Waals surface area (Å²) in [6.45, 7) is 2.04. The molecule has 16 heavy (non-hydrogen) atoms. The Morgan fingerprint density at radius 2 is 1.31 bits per heavy atom. The van der Waals surface area contributed by atoms with E-state index in [0.29, 0.717) is 17.1 Å². The molecule has 0 unspecified atom stereocenters. The molecule has 0 fully saturated rings. The van der Waals surface area contributed by atoms with Crippen LogP contribution >= 0.6 is 0 Å². The van der Waals surface area contributed by atoms with Crippen molar-refractivity contribution in [3.05, 3.63) is 42.0 Å². The second-order valence-corrected chi connectivity index (χ2v) is 3.94. The lowest BCUT2D eigenvalue weighted by atomic mass is 10.0. The maximum Gasteiger partial charge on any atom is 0.0435 e. The SMILES string of the molecule is Cc1ccc(-c2c(N)cc(N)cc2N)cc1. The third-order valence-corrected chi connectivity index (χ3v) is 2.56. The zero-order valence-corrected chi connectivity index (χ0v) is 9.20. The van der Waals surface area contributed by atoms with Gasteiger partial charge in [-0.2, -0.15) is 0 Å². The Kier molecular flexibility index (Phi) is 2.44. The molecule has 3 nitrogen and oxygen atoms in total. The van der Waals surface area contributed by atoms with Gasteiger partial charge in [0.2, 0.25) is 0 Å². The fourth-order valence-electron chi connectivity index (χ4n) is 1.77. The number of nitrogen functional groups attached to an aromatic ring is 3. The normalized spacial score (nSPS) is 10.3. The van der Waals surface area contributed by atoms with E-state index in [9.17, 15) is 0 Å². The van der Waals surface area contributed by atoms with Gasteiger partial charge in [-0.3, -0.25) is 0 Å². The molecule has 6 N–H and O–H groups in total. The molecule has 0 aliphatic rings. The number of rotatable bonds is 1. The van der Waals surface area contributed by atoms with Crippen molar-refractivity contribution in [1.82, 2.24) is 0 Å². The fourth-order valence-corrected chi connectivity index (χ4v) is 1.77. The molecule has 0 aliphatic carbocycles. The highest BCUT2D eigenvalue weighted by atomic mass is 14.7. The molecule has 3 heteroatoms. The summed E-state index contributed by atoms with van der Waals surface area (Å²) in [5.74, 6) is 0. The number of hydrogen-bond acceptors (Lipinski definition) is 3. The van der Waals surface area contributed by atoms with Crippen molar-refractivity contribution in [3.63, 3.8) is 0 Å². The predicted octanol–water partition coefficient (Wildman–Crippen LogP) is 2.41. The van der Waals surface area contributed by atoms with Crippen LogP contribution in [0, 0.1) is 6.92 Å². The third-order valence-electron chi connectivity index (χ3n) is 2.56. The Balaban J connectivity index is 2.60. The molecule has 82 valence electrons. The van der Waals surface area contributed by atoms with Crippen LogP contribution in [0.15, 0.2) is 36.4 Å². The first-order valence-electron chi connectivity index (χ1n) is 5.09. The maximum atomic E-state index is 5.93. The molecule has 0 saturated heterocycles. The molecule has 0 aromatic heterocycles. The van der Waals surface area contributed by atoms with Crippen LogP contribution < -0.4 is 17.2 Å². The van der Waals surface area contributed by atoms with Gasteiger partial charge in [-0.15, -0.1) is 0 Å². The maximum absolute atomic E-state index is 5.93. The third kappa shape index (κ3) is 1.80. The zero-order valence-electron chi connectivity index (χ0n) is 9.20. The van der Waals surface area contributed by atoms with Gasteiger partial charge in [-0.05, 0) is 24.6 Å². The van der Waals surface area contributed by atoms with E-state index < -0.39 is 0 Å². The molecule has 0 aliphatic heterocycles. The molecule has 0 heterocycles. The van der Waals surface area contributed by atoms with Crippen LogP contribution in [-0.2, 0) is 0 Å². The Morgan fingerprint density at radius 1 is 0.812 bits per heavy atom. The van der Waals surface area contributed by atoms with Gasteiger partial charge >= 0.3 is 0 Å². The van der Waals surface area contributed by atoms with E-state index in [-0.39, 0.29) is 0 Å². The minimum absolute atomic E-state index is 0.589. The van der Waals surface area contributed by atoms with E-state index in [1.54, 1.807) is 12.1 Å². The van der Waals surface area contributed by atoms with Crippen LogP contribution in [0.2, 0.25) is 0 Å². The molecule has 0 saturated carbocycles. The highest BCUT2D eigenvalue weighted by Gasteiger charge is 2.07. The minimum atomic E-state index is 0.589. The smallest absolute Gasteiger partial charge is 0.0435 e. The molecule has 2 aromatic rings. The average Bonchev–Trinajstić information content (AvgIpc) is 2.19. The van der Waals surface area contributed by atoms with Crippen molar-refractivity contribution >= 4 is 17.1 Å². The van der Waals surface area contributed by atoms with Gasteiger partial charge < -0.3 is 17.2 Å². The summed E-state index contributed by atoms with van der Waals surface area (Å²) in [4.78, 5) is 0. The molecule has 2 aromatic carbocycles. The molecular weight excluding hydrogens is 198 g/mol. The fraction of sp³-hybridized carbons (Fsp3) is 0.0769. The number of benzene rings is 2. The van der Waals surface area contributed by atoms with Gasteiger partial charge in [-0.1, -0.05) is 29.8 Å². The van der Waals surface area contributed by atoms with E-state index in [2.05, 4.69) is 0 Å². The lowest BCUT2D eigenvalue weighted by Crippen LogP contribution is -1.99. The Labute approximate surface area is 94.9 Å². The van der Waals surface area contributed by atoms with Crippen LogP contribution in [0.4, 0.5) is 17.1 Å². The monoisotopic (exact) mass is 213 g/mol. The van der Waals surface area contributed by atoms with Crippen LogP contribution in [0.3, 0.4) is 0 Å². The summed E-state index contributed by atoms with van der Waals surface area (Å²) in [7, 11) is 0. The molecule has 2 rings (SSSR count). The summed E-state index contributed by atoms with van der Waals surface area (Å²) in [6.07, 6.45) is 0. The highest BCUT2D eigenvalue weighted by molar-refractivity contribution is 5.89. The lowest BCUT2D eigenvalue weighted by Gasteiger charge is -2.10. The summed E-state index contributed by atoms with van der Waals surface area (Å²) in [5.41, 5.74) is 22.4. The van der Waals surface area contributed by atoms with Crippen LogP contribution in [0.5, 0.6) is 0 Å². The van der Waals surface area contributed by atoms with E-state index in [1.807, 2.05) is 31.2 Å². The second kappa shape index (κ2) is 3.77. The van der Waals surface area contributed by atoms with Gasteiger partial charge in [0.05, 0.1) is 0 Å². The van der Waals surface area contributed by atoms with Gasteiger partial charge in [-0.25, -0.2) is 0 Å². The van der Waals surface area contributed by atoms with E-state index in [4.69, 9.17) is 17.2 Å². The zero-order chi connectivity index (χ0) is 11.7. The van der Waals surface area contributed by atoms with Gasteiger partial charge in [0.25, 0.3) is 0 Å². The molecule has 0 amide bonds. The summed E-state index contributed by atoms with van der Waals surface area (Å²) < 4.78 is 0. The van der Waals surface area contributed by atoms with Crippen molar-refractivity contribution in [1.29, 1.82) is 0 Å². The van der Waals surface area contributed by atoms with Gasteiger partial charge in [0, 0.05) is 22.6 Å². The molecule has 0 atom stereocenters. The number of anilines is 3. The summed E-state index contributed by atoms with van der Waals surface area (Å²) in [6, 6.07) is 11.5. The van der Waals surface area contributed by atoms with Crippen molar-refractivity contribution in [2.45, 2.75) is 6.92 Å². The Hall–Kier alpha value is -2.16. The number of nitrogens with two attached hydrogens (primary N) is 3. The second-order valence-electron chi connectivity index (χ2n) is 3.94. The molecule has 0 bridgehead atoms. The summed E-state index contributed by atoms with van der Waals surface area (Å²) >= 11 is 0. The van der Waals surface area contributed by atoms with Gasteiger partial charge in [0.1, 0.15) is 0 Å². The standard InChI is InChI=1S/C13H15N3/c1-8-2-4-9(5-3-8)13-11(15)6-10(14)7-12(13)16/h2-7H,14-16H2,1H3. The van der Waals surface area contributed by atoms with Crippen molar-refractivity contribution in [3.8, 4) is 11.1 Å². The Bertz CT molecular complexity index is 492. The van der Waals surface area contributed by atoms with Crippen LogP contribution in [-0.4, -0.2) is 0 Å². The first-order valence-corrected chi connectivity index (χ1v) is 5.09. The first kappa shape index (κ1) is 10.4. The van der Waals surface area contributed by atoms with E-state index >= 15 is 0 Å². The number of hydrogen-bond donors (Lipinski definition) is 3. The molecular formula is C13H15N3. The summed E-state index contributed by atoms with van der Waals surface area (Å²) in [5, 5.41) is 0. The Morgan fingerprint density at radius 3 is 1.81 bits per heavy atom. The topological polar surface area (TPSA) is 78.1 Å². The van der Waals surface area contributed by atoms with Crippen LogP contribution in [0.25, 0.3) is 11.1 Å². The molecule has 0 spiro atoms. The minimum Gasteiger partial charge on any atom is -0.399 e.